The molecule has 0 N–H and O–H groups in total. The molecule has 2 nitrogen and oxygen atoms in total. The van der Waals surface area contributed by atoms with Crippen molar-refractivity contribution >= 4 is 0 Å². The lowest BCUT2D eigenvalue weighted by Gasteiger charge is -2.06. The van der Waals surface area contributed by atoms with Gasteiger partial charge in [-0.15, -0.1) is 0 Å². The molecule has 0 atom stereocenters. The highest BCUT2D eigenvalue weighted by Crippen LogP contribution is 2.22. The van der Waals surface area contributed by atoms with Gasteiger partial charge >= 0.3 is 0 Å². The Kier molecular flexibility index (Phi) is 2.91. The molecule has 0 aliphatic rings. The van der Waals surface area contributed by atoms with E-state index in [0.29, 0.717) is 11.1 Å². The molecule has 68 valence electrons. The summed E-state index contributed by atoms with van der Waals surface area (Å²) in [4.78, 5) is 3.56. The SMILES string of the molecule is Cc1c(CC#N)ccnc1C(F)F. The highest BCUT2D eigenvalue weighted by Gasteiger charge is 2.13. The van der Waals surface area contributed by atoms with Gasteiger partial charge in [-0.3, -0.25) is 4.98 Å². The highest BCUT2D eigenvalue weighted by atomic mass is 19.3. The number of halogens is 2. The summed E-state index contributed by atoms with van der Waals surface area (Å²) in [6.45, 7) is 1.56. The molecule has 1 heterocycles. The second-order valence-electron chi connectivity index (χ2n) is 2.62. The summed E-state index contributed by atoms with van der Waals surface area (Å²) in [6, 6.07) is 3.51. The van der Waals surface area contributed by atoms with E-state index in [-0.39, 0.29) is 12.1 Å². The molecular formula is C9H8F2N2. The van der Waals surface area contributed by atoms with E-state index in [1.807, 2.05) is 6.07 Å². The van der Waals surface area contributed by atoms with Crippen LogP contribution in [0.25, 0.3) is 0 Å². The number of nitriles is 1. The van der Waals surface area contributed by atoms with Crippen LogP contribution in [-0.2, 0) is 6.42 Å². The average molecular weight is 182 g/mol. The van der Waals surface area contributed by atoms with E-state index < -0.39 is 6.43 Å². The quantitative estimate of drug-likeness (QED) is 0.704. The molecular weight excluding hydrogens is 174 g/mol. The van der Waals surface area contributed by atoms with Gasteiger partial charge in [0.2, 0.25) is 0 Å². The van der Waals surface area contributed by atoms with Crippen LogP contribution in [0.4, 0.5) is 8.78 Å². The fourth-order valence-electron chi connectivity index (χ4n) is 1.09. The summed E-state index contributed by atoms with van der Waals surface area (Å²) in [6.07, 6.45) is -1.12. The monoisotopic (exact) mass is 182 g/mol. The number of nitrogens with zero attached hydrogens (tertiary/aromatic N) is 2. The topological polar surface area (TPSA) is 36.7 Å². The summed E-state index contributed by atoms with van der Waals surface area (Å²) >= 11 is 0. The lowest BCUT2D eigenvalue weighted by molar-refractivity contribution is 0.145. The first kappa shape index (κ1) is 9.59. The Morgan fingerprint density at radius 2 is 2.31 bits per heavy atom. The van der Waals surface area contributed by atoms with Gasteiger partial charge in [0.25, 0.3) is 6.43 Å². The van der Waals surface area contributed by atoms with Crippen LogP contribution < -0.4 is 0 Å². The normalized spacial score (nSPS) is 10.1. The van der Waals surface area contributed by atoms with Gasteiger partial charge in [-0.05, 0) is 24.1 Å². The number of pyridine rings is 1. The van der Waals surface area contributed by atoms with Crippen molar-refractivity contribution in [2.45, 2.75) is 19.8 Å². The second kappa shape index (κ2) is 3.94. The van der Waals surface area contributed by atoms with Gasteiger partial charge < -0.3 is 0 Å². The molecule has 1 rings (SSSR count). The molecule has 0 aliphatic heterocycles. The Morgan fingerprint density at radius 1 is 1.62 bits per heavy atom. The second-order valence-corrected chi connectivity index (χ2v) is 2.62. The lowest BCUT2D eigenvalue weighted by Crippen LogP contribution is -1.98. The maximum absolute atomic E-state index is 12.3. The van der Waals surface area contributed by atoms with Gasteiger partial charge in [0.15, 0.2) is 0 Å². The van der Waals surface area contributed by atoms with Crippen molar-refractivity contribution in [1.82, 2.24) is 4.98 Å². The van der Waals surface area contributed by atoms with Crippen molar-refractivity contribution in [3.63, 3.8) is 0 Å². The van der Waals surface area contributed by atoms with E-state index in [1.54, 1.807) is 13.0 Å². The molecule has 0 amide bonds. The Morgan fingerprint density at radius 3 is 2.85 bits per heavy atom. The Hall–Kier alpha value is -1.50. The third kappa shape index (κ3) is 2.00. The summed E-state index contributed by atoms with van der Waals surface area (Å²) < 4.78 is 24.6. The van der Waals surface area contributed by atoms with E-state index in [0.717, 1.165) is 0 Å². The number of alkyl halides is 2. The van der Waals surface area contributed by atoms with Crippen molar-refractivity contribution in [2.75, 3.05) is 0 Å². The number of hydrogen-bond acceptors (Lipinski definition) is 2. The van der Waals surface area contributed by atoms with Crippen LogP contribution >= 0.6 is 0 Å². The summed E-state index contributed by atoms with van der Waals surface area (Å²) in [5.41, 5.74) is 0.805. The highest BCUT2D eigenvalue weighted by molar-refractivity contribution is 5.31. The van der Waals surface area contributed by atoms with E-state index in [4.69, 9.17) is 5.26 Å². The largest absolute Gasteiger partial charge is 0.280 e. The molecule has 4 heteroatoms. The summed E-state index contributed by atoms with van der Waals surface area (Å²) in [7, 11) is 0. The zero-order valence-electron chi connectivity index (χ0n) is 7.09. The first-order valence-electron chi connectivity index (χ1n) is 3.76. The molecule has 1 aromatic rings. The zero-order valence-corrected chi connectivity index (χ0v) is 7.09. The van der Waals surface area contributed by atoms with Crippen molar-refractivity contribution in [3.05, 3.63) is 29.1 Å². The summed E-state index contributed by atoms with van der Waals surface area (Å²) in [5, 5.41) is 8.42. The van der Waals surface area contributed by atoms with Crippen LogP contribution in [0.2, 0.25) is 0 Å². The third-order valence-corrected chi connectivity index (χ3v) is 1.83. The van der Waals surface area contributed by atoms with Crippen LogP contribution in [0.5, 0.6) is 0 Å². The van der Waals surface area contributed by atoms with Crippen LogP contribution in [0.15, 0.2) is 12.3 Å². The molecule has 0 radical (unpaired) electrons. The molecule has 0 aromatic carbocycles. The molecule has 0 fully saturated rings. The average Bonchev–Trinajstić information content (AvgIpc) is 2.08. The van der Waals surface area contributed by atoms with Crippen molar-refractivity contribution < 1.29 is 8.78 Å². The van der Waals surface area contributed by atoms with Gasteiger partial charge in [0, 0.05) is 6.20 Å². The van der Waals surface area contributed by atoms with Gasteiger partial charge in [0.1, 0.15) is 5.69 Å². The maximum Gasteiger partial charge on any atom is 0.280 e. The maximum atomic E-state index is 12.3. The zero-order chi connectivity index (χ0) is 9.84. The van der Waals surface area contributed by atoms with E-state index >= 15 is 0 Å². The van der Waals surface area contributed by atoms with Crippen LogP contribution in [0.3, 0.4) is 0 Å². The first-order chi connectivity index (χ1) is 6.16. The smallest absolute Gasteiger partial charge is 0.255 e. The fourth-order valence-corrected chi connectivity index (χ4v) is 1.09. The van der Waals surface area contributed by atoms with E-state index in [1.165, 1.54) is 6.20 Å². The fraction of sp³-hybridized carbons (Fsp3) is 0.333. The van der Waals surface area contributed by atoms with Gasteiger partial charge in [-0.25, -0.2) is 8.78 Å². The van der Waals surface area contributed by atoms with Gasteiger partial charge in [-0.1, -0.05) is 0 Å². The van der Waals surface area contributed by atoms with Crippen molar-refractivity contribution in [1.29, 1.82) is 5.26 Å². The van der Waals surface area contributed by atoms with Crippen LogP contribution in [0.1, 0.15) is 23.2 Å². The van der Waals surface area contributed by atoms with Crippen LogP contribution in [-0.4, -0.2) is 4.98 Å². The Labute approximate surface area is 74.8 Å². The molecule has 0 unspecified atom stereocenters. The number of rotatable bonds is 2. The third-order valence-electron chi connectivity index (χ3n) is 1.83. The molecule has 1 aromatic heterocycles. The standard InChI is InChI=1S/C9H8F2N2/c1-6-7(2-4-12)3-5-13-8(6)9(10)11/h3,5,9H,2H2,1H3. The minimum Gasteiger partial charge on any atom is -0.255 e. The molecule has 0 saturated carbocycles. The molecule has 0 bridgehead atoms. The van der Waals surface area contributed by atoms with Gasteiger partial charge in [0.05, 0.1) is 12.5 Å². The number of aromatic nitrogens is 1. The number of hydrogen-bond donors (Lipinski definition) is 0. The molecule has 0 aliphatic carbocycles. The van der Waals surface area contributed by atoms with Gasteiger partial charge in [-0.2, -0.15) is 5.26 Å². The lowest BCUT2D eigenvalue weighted by atomic mass is 10.1. The van der Waals surface area contributed by atoms with E-state index in [2.05, 4.69) is 4.98 Å². The minimum atomic E-state index is -2.57. The Bertz CT molecular complexity index is 342. The predicted molar refractivity (Wildman–Crippen MR) is 43.2 cm³/mol. The molecule has 0 saturated heterocycles. The van der Waals surface area contributed by atoms with Crippen molar-refractivity contribution in [3.8, 4) is 6.07 Å². The molecule has 13 heavy (non-hydrogen) atoms. The first-order valence-corrected chi connectivity index (χ1v) is 3.76. The minimum absolute atomic E-state index is 0.147. The molecule has 0 spiro atoms. The predicted octanol–water partition coefficient (Wildman–Crippen LogP) is 2.39. The summed E-state index contributed by atoms with van der Waals surface area (Å²) in [5.74, 6) is 0. The van der Waals surface area contributed by atoms with Crippen LogP contribution in [0, 0.1) is 18.3 Å². The Balaban J connectivity index is 3.12. The van der Waals surface area contributed by atoms with Crippen molar-refractivity contribution in [2.24, 2.45) is 0 Å². The van der Waals surface area contributed by atoms with E-state index in [9.17, 15) is 8.78 Å².